The summed E-state index contributed by atoms with van der Waals surface area (Å²) >= 11 is 0. The van der Waals surface area contributed by atoms with Crippen molar-refractivity contribution in [1.82, 2.24) is 5.01 Å². The quantitative estimate of drug-likeness (QED) is 0.416. The third-order valence-corrected chi connectivity index (χ3v) is 2.92. The van der Waals surface area contributed by atoms with Crippen molar-refractivity contribution in [2.24, 2.45) is 5.10 Å². The van der Waals surface area contributed by atoms with Gasteiger partial charge in [0.1, 0.15) is 0 Å². The Bertz CT molecular complexity index is 282. The maximum atomic E-state index is 5.79. The number of allylic oxidation sites excluding steroid dienone is 1. The van der Waals surface area contributed by atoms with Crippen LogP contribution in [0.1, 0.15) is 27.7 Å². The van der Waals surface area contributed by atoms with E-state index in [-0.39, 0.29) is 18.3 Å². The molecule has 0 aromatic carbocycles. The molecule has 0 spiro atoms. The van der Waals surface area contributed by atoms with Crippen LogP contribution < -0.4 is 0 Å². The summed E-state index contributed by atoms with van der Waals surface area (Å²) in [4.78, 5) is 0. The second kappa shape index (κ2) is 4.59. The van der Waals surface area contributed by atoms with Crippen LogP contribution in [0.2, 0.25) is 0 Å². The number of hydrogen-bond donors (Lipinski definition) is 0. The number of rotatable bonds is 3. The van der Waals surface area contributed by atoms with E-state index in [1.54, 1.807) is 11.2 Å². The minimum atomic E-state index is -0.293. The van der Waals surface area contributed by atoms with Crippen LogP contribution in [-0.2, 0) is 9.31 Å². The van der Waals surface area contributed by atoms with Gasteiger partial charge in [-0.25, -0.2) is 0 Å². The van der Waals surface area contributed by atoms with Crippen molar-refractivity contribution in [3.8, 4) is 0 Å². The summed E-state index contributed by atoms with van der Waals surface area (Å²) in [6.45, 7) is 8.15. The molecular formula is C11H21BN2O2. The standard InChI is InChI=1S/C11H21BN2O2/c1-10(2)11(3,4)16-12(15-10)8-7-9-13-14(5)6/h7-9H,1-6H3/b8-7+,13-9+. The van der Waals surface area contributed by atoms with Crippen molar-refractivity contribution in [2.75, 3.05) is 14.1 Å². The molecule has 0 bridgehead atoms. The van der Waals surface area contributed by atoms with E-state index in [9.17, 15) is 0 Å². The van der Waals surface area contributed by atoms with E-state index in [0.29, 0.717) is 0 Å². The Morgan fingerprint density at radius 3 is 2.00 bits per heavy atom. The summed E-state index contributed by atoms with van der Waals surface area (Å²) < 4.78 is 11.6. The molecule has 0 unspecified atom stereocenters. The van der Waals surface area contributed by atoms with Crippen molar-refractivity contribution in [3.05, 3.63) is 12.1 Å². The van der Waals surface area contributed by atoms with Crippen molar-refractivity contribution >= 4 is 13.3 Å². The zero-order valence-electron chi connectivity index (χ0n) is 11.0. The summed E-state index contributed by atoms with van der Waals surface area (Å²) in [6.07, 6.45) is 3.55. The molecule has 1 aliphatic heterocycles. The van der Waals surface area contributed by atoms with Crippen LogP contribution in [0.4, 0.5) is 0 Å². The highest BCUT2D eigenvalue weighted by molar-refractivity contribution is 6.52. The molecule has 0 aliphatic carbocycles. The summed E-state index contributed by atoms with van der Waals surface area (Å²) in [5.41, 5.74) is -0.554. The Hall–Kier alpha value is -0.805. The SMILES string of the molecule is CN(C)/N=C/C=C/B1OC(C)(C)C(C)(C)O1. The molecule has 0 aromatic heterocycles. The first-order valence-corrected chi connectivity index (χ1v) is 5.48. The average molecular weight is 224 g/mol. The molecule has 1 aliphatic rings. The lowest BCUT2D eigenvalue weighted by Crippen LogP contribution is -2.41. The van der Waals surface area contributed by atoms with Crippen LogP contribution >= 0.6 is 0 Å². The molecule has 1 heterocycles. The van der Waals surface area contributed by atoms with Crippen LogP contribution in [0.5, 0.6) is 0 Å². The first-order chi connectivity index (χ1) is 7.24. The fraction of sp³-hybridized carbons (Fsp3) is 0.727. The van der Waals surface area contributed by atoms with E-state index in [2.05, 4.69) is 5.10 Å². The molecule has 4 nitrogen and oxygen atoms in total. The van der Waals surface area contributed by atoms with E-state index < -0.39 is 0 Å². The third kappa shape index (κ3) is 3.09. The van der Waals surface area contributed by atoms with Crippen molar-refractivity contribution in [1.29, 1.82) is 0 Å². The second-order valence-electron chi connectivity index (χ2n) is 5.12. The van der Waals surface area contributed by atoms with Gasteiger partial charge >= 0.3 is 7.12 Å². The Morgan fingerprint density at radius 1 is 1.06 bits per heavy atom. The highest BCUT2D eigenvalue weighted by Gasteiger charge is 2.49. The normalized spacial score (nSPS) is 23.5. The van der Waals surface area contributed by atoms with Gasteiger partial charge in [0.2, 0.25) is 0 Å². The predicted molar refractivity (Wildman–Crippen MR) is 67.4 cm³/mol. The number of hydrogen-bond acceptors (Lipinski definition) is 4. The Morgan fingerprint density at radius 2 is 1.56 bits per heavy atom. The van der Waals surface area contributed by atoms with Gasteiger partial charge in [0, 0.05) is 20.3 Å². The van der Waals surface area contributed by atoms with Crippen molar-refractivity contribution in [3.63, 3.8) is 0 Å². The van der Waals surface area contributed by atoms with Crippen LogP contribution in [0, 0.1) is 0 Å². The predicted octanol–water partition coefficient (Wildman–Crippen LogP) is 1.72. The Kier molecular flexibility index (Phi) is 3.81. The zero-order chi connectivity index (χ0) is 12.4. The fourth-order valence-corrected chi connectivity index (χ4v) is 1.28. The smallest absolute Gasteiger partial charge is 0.400 e. The van der Waals surface area contributed by atoms with E-state index in [1.165, 1.54) is 0 Å². The minimum Gasteiger partial charge on any atom is -0.400 e. The van der Waals surface area contributed by atoms with Crippen LogP contribution in [0.25, 0.3) is 0 Å². The zero-order valence-corrected chi connectivity index (χ0v) is 11.0. The van der Waals surface area contributed by atoms with Crippen LogP contribution in [0.3, 0.4) is 0 Å². The second-order valence-corrected chi connectivity index (χ2v) is 5.12. The van der Waals surface area contributed by atoms with Crippen molar-refractivity contribution in [2.45, 2.75) is 38.9 Å². The van der Waals surface area contributed by atoms with E-state index in [1.807, 2.05) is 53.8 Å². The van der Waals surface area contributed by atoms with Gasteiger partial charge in [-0.1, -0.05) is 5.98 Å². The van der Waals surface area contributed by atoms with Gasteiger partial charge in [0.25, 0.3) is 0 Å². The summed E-state index contributed by atoms with van der Waals surface area (Å²) in [7, 11) is 3.46. The third-order valence-electron chi connectivity index (χ3n) is 2.92. The highest BCUT2D eigenvalue weighted by atomic mass is 16.7. The van der Waals surface area contributed by atoms with E-state index in [0.717, 1.165) is 0 Å². The maximum absolute atomic E-state index is 5.79. The van der Waals surface area contributed by atoms with Crippen molar-refractivity contribution < 1.29 is 9.31 Å². The maximum Gasteiger partial charge on any atom is 0.487 e. The lowest BCUT2D eigenvalue weighted by molar-refractivity contribution is 0.00578. The Balaban J connectivity index is 2.54. The molecule has 1 rings (SSSR count). The summed E-state index contributed by atoms with van der Waals surface area (Å²) in [6, 6.07) is 0. The highest BCUT2D eigenvalue weighted by Crippen LogP contribution is 2.36. The van der Waals surface area contributed by atoms with Gasteiger partial charge < -0.3 is 14.3 Å². The average Bonchev–Trinajstić information content (AvgIpc) is 2.29. The molecule has 0 radical (unpaired) electrons. The fourth-order valence-electron chi connectivity index (χ4n) is 1.28. The first kappa shape index (κ1) is 13.3. The molecule has 0 amide bonds. The topological polar surface area (TPSA) is 34.1 Å². The summed E-state index contributed by atoms with van der Waals surface area (Å²) in [5.74, 6) is 1.86. The van der Waals surface area contributed by atoms with Gasteiger partial charge in [-0.3, -0.25) is 0 Å². The van der Waals surface area contributed by atoms with Gasteiger partial charge in [-0.05, 0) is 33.8 Å². The van der Waals surface area contributed by atoms with E-state index >= 15 is 0 Å². The molecule has 1 fully saturated rings. The summed E-state index contributed by atoms with van der Waals surface area (Å²) in [5, 5.41) is 5.80. The lowest BCUT2D eigenvalue weighted by atomic mass is 9.90. The molecule has 0 saturated carbocycles. The lowest BCUT2D eigenvalue weighted by Gasteiger charge is -2.32. The molecule has 1 saturated heterocycles. The minimum absolute atomic E-state index is 0.277. The molecule has 5 heteroatoms. The van der Waals surface area contributed by atoms with Gasteiger partial charge in [-0.15, -0.1) is 0 Å². The van der Waals surface area contributed by atoms with Gasteiger partial charge in [0.15, 0.2) is 0 Å². The molecule has 90 valence electrons. The molecular weight excluding hydrogens is 203 g/mol. The Labute approximate surface area is 98.4 Å². The number of nitrogens with zero attached hydrogens (tertiary/aromatic N) is 2. The molecule has 0 atom stereocenters. The van der Waals surface area contributed by atoms with E-state index in [4.69, 9.17) is 9.31 Å². The molecule has 0 N–H and O–H groups in total. The molecule has 16 heavy (non-hydrogen) atoms. The monoisotopic (exact) mass is 224 g/mol. The largest absolute Gasteiger partial charge is 0.487 e. The number of hydrazone groups is 1. The van der Waals surface area contributed by atoms with Crippen LogP contribution in [0.15, 0.2) is 17.2 Å². The van der Waals surface area contributed by atoms with Gasteiger partial charge in [-0.2, -0.15) is 5.10 Å². The molecule has 0 aromatic rings. The first-order valence-electron chi connectivity index (χ1n) is 5.48. The van der Waals surface area contributed by atoms with Gasteiger partial charge in [0.05, 0.1) is 11.2 Å². The van der Waals surface area contributed by atoms with Crippen LogP contribution in [-0.4, -0.2) is 43.6 Å².